The van der Waals surface area contributed by atoms with Gasteiger partial charge in [-0.2, -0.15) is 0 Å². The molecule has 4 nitrogen and oxygen atoms in total. The molecule has 3 rings (SSSR count). The lowest BCUT2D eigenvalue weighted by atomic mass is 10.1. The van der Waals surface area contributed by atoms with Crippen molar-refractivity contribution in [3.05, 3.63) is 52.5 Å². The second-order valence-electron chi connectivity index (χ2n) is 5.10. The number of hydrogen-bond acceptors (Lipinski definition) is 4. The molecule has 1 atom stereocenters. The lowest BCUT2D eigenvalue weighted by molar-refractivity contribution is -0.118. The summed E-state index contributed by atoms with van der Waals surface area (Å²) in [6, 6.07) is 12.9. The van der Waals surface area contributed by atoms with Gasteiger partial charge in [-0.1, -0.05) is 12.1 Å². The third kappa shape index (κ3) is 3.59. The minimum absolute atomic E-state index is 0.00776. The van der Waals surface area contributed by atoms with Crippen molar-refractivity contribution >= 4 is 45.1 Å². The van der Waals surface area contributed by atoms with E-state index in [1.165, 1.54) is 11.8 Å². The zero-order valence-electron chi connectivity index (χ0n) is 12.3. The van der Waals surface area contributed by atoms with Crippen LogP contribution < -0.4 is 10.1 Å². The van der Waals surface area contributed by atoms with Crippen molar-refractivity contribution < 1.29 is 14.3 Å². The molecule has 1 aliphatic heterocycles. The van der Waals surface area contributed by atoms with Gasteiger partial charge in [0.2, 0.25) is 0 Å². The molecule has 0 saturated heterocycles. The van der Waals surface area contributed by atoms with Crippen LogP contribution in [0.2, 0.25) is 0 Å². The van der Waals surface area contributed by atoms with Crippen molar-refractivity contribution in [2.45, 2.75) is 17.1 Å². The lowest BCUT2D eigenvalue weighted by Gasteiger charge is -2.19. The molecule has 0 bridgehead atoms. The van der Waals surface area contributed by atoms with Crippen LogP contribution in [0, 0.1) is 0 Å². The number of thioether (sulfide) groups is 1. The van der Waals surface area contributed by atoms with Gasteiger partial charge in [0, 0.05) is 14.9 Å². The molecular formula is C17H14BrNO3S. The Hall–Kier alpha value is -1.79. The first-order chi connectivity index (χ1) is 11.0. The summed E-state index contributed by atoms with van der Waals surface area (Å²) in [4.78, 5) is 25.0. The molecule has 0 fully saturated rings. The number of amides is 1. The molecule has 0 spiro atoms. The zero-order chi connectivity index (χ0) is 16.4. The maximum Gasteiger partial charge on any atom is 0.262 e. The number of anilines is 1. The molecule has 0 aromatic heterocycles. The lowest BCUT2D eigenvalue weighted by Crippen LogP contribution is -2.25. The van der Waals surface area contributed by atoms with Crippen LogP contribution in [0.1, 0.15) is 17.3 Å². The third-order valence-electron chi connectivity index (χ3n) is 3.41. The van der Waals surface area contributed by atoms with Gasteiger partial charge in [-0.25, -0.2) is 0 Å². The molecule has 0 saturated carbocycles. The summed E-state index contributed by atoms with van der Waals surface area (Å²) in [5.41, 5.74) is 1.10. The highest BCUT2D eigenvalue weighted by Gasteiger charge is 2.21. The van der Waals surface area contributed by atoms with E-state index in [-0.39, 0.29) is 23.5 Å². The highest BCUT2D eigenvalue weighted by Crippen LogP contribution is 2.33. The van der Waals surface area contributed by atoms with Crippen molar-refractivity contribution in [1.82, 2.24) is 0 Å². The minimum atomic E-state index is -0.244. The first kappa shape index (κ1) is 16.1. The van der Waals surface area contributed by atoms with Crippen LogP contribution in [-0.4, -0.2) is 23.5 Å². The normalized spacial score (nSPS) is 14.4. The number of hydrogen-bond donors (Lipinski definition) is 1. The molecule has 0 radical (unpaired) electrons. The van der Waals surface area contributed by atoms with Crippen LogP contribution in [-0.2, 0) is 4.79 Å². The van der Waals surface area contributed by atoms with Crippen LogP contribution >= 0.6 is 27.7 Å². The molecule has 2 aromatic carbocycles. The van der Waals surface area contributed by atoms with E-state index in [1.807, 2.05) is 31.2 Å². The van der Waals surface area contributed by atoms with Gasteiger partial charge < -0.3 is 10.1 Å². The Bertz CT molecular complexity index is 778. The summed E-state index contributed by atoms with van der Waals surface area (Å²) < 4.78 is 6.28. The van der Waals surface area contributed by atoms with Crippen LogP contribution in [0.4, 0.5) is 5.69 Å². The summed E-state index contributed by atoms with van der Waals surface area (Å²) in [5, 5.41) is 2.48. The minimum Gasteiger partial charge on any atom is -0.482 e. The maximum atomic E-state index is 12.6. The molecule has 1 heterocycles. The average molecular weight is 392 g/mol. The predicted molar refractivity (Wildman–Crippen MR) is 94.4 cm³/mol. The Morgan fingerprint density at radius 3 is 2.87 bits per heavy atom. The first-order valence-electron chi connectivity index (χ1n) is 7.06. The van der Waals surface area contributed by atoms with Gasteiger partial charge in [-0.3, -0.25) is 9.59 Å². The number of carbonyl (C=O) groups excluding carboxylic acids is 2. The second kappa shape index (κ2) is 6.76. The quantitative estimate of drug-likeness (QED) is 0.628. The van der Waals surface area contributed by atoms with Gasteiger partial charge in [0.05, 0.1) is 10.9 Å². The van der Waals surface area contributed by atoms with E-state index in [0.29, 0.717) is 17.0 Å². The van der Waals surface area contributed by atoms with Crippen molar-refractivity contribution in [2.24, 2.45) is 0 Å². The van der Waals surface area contributed by atoms with E-state index < -0.39 is 0 Å². The van der Waals surface area contributed by atoms with Crippen LogP contribution in [0.15, 0.2) is 51.8 Å². The highest BCUT2D eigenvalue weighted by atomic mass is 79.9. The Kier molecular flexibility index (Phi) is 4.73. The molecule has 1 unspecified atom stereocenters. The Balaban J connectivity index is 1.79. The fraction of sp³-hybridized carbons (Fsp3) is 0.176. The fourth-order valence-corrected chi connectivity index (χ4v) is 3.78. The average Bonchev–Trinajstić information content (AvgIpc) is 2.55. The largest absolute Gasteiger partial charge is 0.482 e. The molecule has 118 valence electrons. The summed E-state index contributed by atoms with van der Waals surface area (Å²) in [5.74, 6) is 0.387. The number of benzene rings is 2. The summed E-state index contributed by atoms with van der Waals surface area (Å²) in [6.07, 6.45) is 0. The number of Topliss-reactive ketones (excluding diaryl/α,β-unsaturated/α-hetero) is 1. The molecule has 1 amide bonds. The van der Waals surface area contributed by atoms with Crippen molar-refractivity contribution in [3.8, 4) is 5.75 Å². The molecule has 0 aliphatic carbocycles. The van der Waals surface area contributed by atoms with Gasteiger partial charge in [-0.15, -0.1) is 11.8 Å². The van der Waals surface area contributed by atoms with Gasteiger partial charge in [0.1, 0.15) is 5.75 Å². The van der Waals surface area contributed by atoms with Crippen molar-refractivity contribution in [1.29, 1.82) is 0 Å². The van der Waals surface area contributed by atoms with Gasteiger partial charge in [0.25, 0.3) is 5.91 Å². The smallest absolute Gasteiger partial charge is 0.262 e. The number of nitrogens with one attached hydrogen (secondary N) is 1. The summed E-state index contributed by atoms with van der Waals surface area (Å²) in [7, 11) is 0. The van der Waals surface area contributed by atoms with Crippen LogP contribution in [0.25, 0.3) is 0 Å². The zero-order valence-corrected chi connectivity index (χ0v) is 14.7. The predicted octanol–water partition coefficient (Wildman–Crippen LogP) is 4.14. The second-order valence-corrected chi connectivity index (χ2v) is 7.34. The number of ether oxygens (including phenoxy) is 1. The maximum absolute atomic E-state index is 12.6. The monoisotopic (exact) mass is 391 g/mol. The third-order valence-corrected chi connectivity index (χ3v) is 5.54. The number of rotatable bonds is 4. The van der Waals surface area contributed by atoms with Gasteiger partial charge in [0.15, 0.2) is 12.4 Å². The Labute approximate surface area is 146 Å². The molecule has 1 N–H and O–H groups in total. The first-order valence-corrected chi connectivity index (χ1v) is 8.74. The fourth-order valence-electron chi connectivity index (χ4n) is 2.26. The summed E-state index contributed by atoms with van der Waals surface area (Å²) in [6.45, 7) is 1.88. The van der Waals surface area contributed by atoms with Crippen LogP contribution in [0.5, 0.6) is 5.75 Å². The number of ketones is 1. The van der Waals surface area contributed by atoms with Crippen molar-refractivity contribution in [2.75, 3.05) is 11.9 Å². The van der Waals surface area contributed by atoms with Crippen LogP contribution in [0.3, 0.4) is 0 Å². The van der Waals surface area contributed by atoms with Gasteiger partial charge in [-0.05, 0) is 53.2 Å². The number of halogens is 1. The molecule has 6 heteroatoms. The molecular weight excluding hydrogens is 378 g/mol. The van der Waals surface area contributed by atoms with E-state index in [2.05, 4.69) is 21.2 Å². The van der Waals surface area contributed by atoms with E-state index in [1.54, 1.807) is 18.2 Å². The molecule has 2 aromatic rings. The SMILES string of the molecule is CC(Sc1ccccc1Br)C(=O)c1ccc2c(c1)NC(=O)CO2. The molecule has 1 aliphatic rings. The molecule has 23 heavy (non-hydrogen) atoms. The van der Waals surface area contributed by atoms with E-state index in [9.17, 15) is 9.59 Å². The number of fused-ring (bicyclic) bond motifs is 1. The number of carbonyl (C=O) groups is 2. The van der Waals surface area contributed by atoms with E-state index in [0.717, 1.165) is 9.37 Å². The highest BCUT2D eigenvalue weighted by molar-refractivity contribution is 9.10. The summed E-state index contributed by atoms with van der Waals surface area (Å²) >= 11 is 4.99. The van der Waals surface area contributed by atoms with Crippen molar-refractivity contribution in [3.63, 3.8) is 0 Å². The standard InChI is InChI=1S/C17H14BrNO3S/c1-10(23-15-5-3-2-4-12(15)18)17(21)11-6-7-14-13(8-11)19-16(20)9-22-14/h2-8,10H,9H2,1H3,(H,19,20). The van der Waals surface area contributed by atoms with Gasteiger partial charge >= 0.3 is 0 Å². The topological polar surface area (TPSA) is 55.4 Å². The van der Waals surface area contributed by atoms with E-state index in [4.69, 9.17) is 4.74 Å². The Morgan fingerprint density at radius 2 is 2.09 bits per heavy atom. The van der Waals surface area contributed by atoms with E-state index >= 15 is 0 Å². The Morgan fingerprint density at radius 1 is 1.30 bits per heavy atom.